The number of hydrogen-bond acceptors (Lipinski definition) is 3. The van der Waals surface area contributed by atoms with Crippen molar-refractivity contribution in [1.29, 1.82) is 0 Å². The zero-order chi connectivity index (χ0) is 10.1. The van der Waals surface area contributed by atoms with E-state index in [0.717, 1.165) is 17.7 Å². The Morgan fingerprint density at radius 1 is 1.57 bits per heavy atom. The maximum Gasteiger partial charge on any atom is 0.151 e. The predicted octanol–water partition coefficient (Wildman–Crippen LogP) is 1.29. The minimum Gasteiger partial charge on any atom is -0.316 e. The second kappa shape index (κ2) is 3.98. The molecular weight excluding hydrogens is 244 g/mol. The Hall–Kier alpha value is -0.420. The minimum absolute atomic E-state index is 0.575. The summed E-state index contributed by atoms with van der Waals surface area (Å²) in [5.74, 6) is 1.22. The lowest BCUT2D eigenvalue weighted by atomic mass is 9.85. The van der Waals surface area contributed by atoms with Crippen LogP contribution in [0.5, 0.6) is 0 Å². The zero-order valence-corrected chi connectivity index (χ0v) is 10.1. The van der Waals surface area contributed by atoms with Crippen molar-refractivity contribution >= 4 is 15.9 Å². The molecule has 1 fully saturated rings. The predicted molar refractivity (Wildman–Crippen MR) is 58.1 cm³/mol. The number of piperidine rings is 1. The van der Waals surface area contributed by atoms with Gasteiger partial charge in [0.05, 0.1) is 5.69 Å². The third kappa shape index (κ3) is 1.70. The summed E-state index contributed by atoms with van der Waals surface area (Å²) in [6, 6.07) is 0. The van der Waals surface area contributed by atoms with Crippen LogP contribution in [-0.4, -0.2) is 28.1 Å². The number of aromatic nitrogens is 3. The van der Waals surface area contributed by atoms with Gasteiger partial charge in [-0.3, -0.25) is 4.68 Å². The molecule has 0 saturated carbocycles. The number of hydrogen-bond donors (Lipinski definition) is 1. The van der Waals surface area contributed by atoms with E-state index in [1.54, 1.807) is 0 Å². The molecule has 0 amide bonds. The highest BCUT2D eigenvalue weighted by Gasteiger charge is 2.27. The van der Waals surface area contributed by atoms with Crippen molar-refractivity contribution in [3.8, 4) is 0 Å². The van der Waals surface area contributed by atoms with Crippen LogP contribution in [-0.2, 0) is 7.05 Å². The zero-order valence-electron chi connectivity index (χ0n) is 8.50. The van der Waals surface area contributed by atoms with Crippen molar-refractivity contribution in [1.82, 2.24) is 20.3 Å². The van der Waals surface area contributed by atoms with Gasteiger partial charge in [0, 0.05) is 13.0 Å². The molecule has 2 atom stereocenters. The first-order chi connectivity index (χ1) is 6.70. The monoisotopic (exact) mass is 258 g/mol. The summed E-state index contributed by atoms with van der Waals surface area (Å²) in [4.78, 5) is 0. The lowest BCUT2D eigenvalue weighted by Crippen LogP contribution is -2.34. The standard InChI is InChI=1S/C9H15BrN4/c1-6-5-11-4-3-7(6)8-9(10)12-13-14(8)2/h6-7,11H,3-5H2,1-2H3. The van der Waals surface area contributed by atoms with Crippen LogP contribution >= 0.6 is 15.9 Å². The highest BCUT2D eigenvalue weighted by molar-refractivity contribution is 9.10. The fraction of sp³-hybridized carbons (Fsp3) is 0.778. The normalized spacial score (nSPS) is 27.9. The Morgan fingerprint density at radius 2 is 2.36 bits per heavy atom. The summed E-state index contributed by atoms with van der Waals surface area (Å²) in [6.45, 7) is 4.45. The molecule has 0 aliphatic carbocycles. The first kappa shape index (κ1) is 10.1. The number of rotatable bonds is 1. The van der Waals surface area contributed by atoms with Crippen LogP contribution in [0.3, 0.4) is 0 Å². The van der Waals surface area contributed by atoms with Gasteiger partial charge in [0.1, 0.15) is 0 Å². The number of aryl methyl sites for hydroxylation is 1. The Morgan fingerprint density at radius 3 is 2.93 bits per heavy atom. The van der Waals surface area contributed by atoms with E-state index in [9.17, 15) is 0 Å². The fourth-order valence-electron chi connectivity index (χ4n) is 2.15. The van der Waals surface area contributed by atoms with E-state index in [1.165, 1.54) is 12.1 Å². The smallest absolute Gasteiger partial charge is 0.151 e. The second-order valence-corrected chi connectivity index (χ2v) is 4.72. The van der Waals surface area contributed by atoms with Crippen LogP contribution < -0.4 is 5.32 Å². The molecule has 1 aromatic heterocycles. The number of nitrogens with one attached hydrogen (secondary N) is 1. The molecule has 1 N–H and O–H groups in total. The van der Waals surface area contributed by atoms with Gasteiger partial charge in [-0.15, -0.1) is 5.10 Å². The first-order valence-corrected chi connectivity index (χ1v) is 5.75. The number of nitrogens with zero attached hydrogens (tertiary/aromatic N) is 3. The molecule has 1 aliphatic heterocycles. The molecule has 78 valence electrons. The maximum absolute atomic E-state index is 4.04. The third-order valence-electron chi connectivity index (χ3n) is 2.96. The highest BCUT2D eigenvalue weighted by Crippen LogP contribution is 2.32. The largest absolute Gasteiger partial charge is 0.316 e. The SMILES string of the molecule is CC1CNCCC1c1c(Br)nnn1C. The van der Waals surface area contributed by atoms with Gasteiger partial charge in [-0.1, -0.05) is 12.1 Å². The van der Waals surface area contributed by atoms with E-state index in [-0.39, 0.29) is 0 Å². The van der Waals surface area contributed by atoms with Crippen LogP contribution in [0.15, 0.2) is 4.60 Å². The number of halogens is 1. The average molecular weight is 259 g/mol. The third-order valence-corrected chi connectivity index (χ3v) is 3.53. The Labute approximate surface area is 92.2 Å². The van der Waals surface area contributed by atoms with Crippen LogP contribution in [0.25, 0.3) is 0 Å². The lowest BCUT2D eigenvalue weighted by Gasteiger charge is -2.29. The van der Waals surface area contributed by atoms with Crippen molar-refractivity contribution in [2.75, 3.05) is 13.1 Å². The molecule has 0 bridgehead atoms. The molecule has 5 heteroatoms. The fourth-order valence-corrected chi connectivity index (χ4v) is 2.77. The van der Waals surface area contributed by atoms with Crippen LogP contribution in [0.4, 0.5) is 0 Å². The van der Waals surface area contributed by atoms with Crippen LogP contribution in [0, 0.1) is 5.92 Å². The van der Waals surface area contributed by atoms with Gasteiger partial charge in [-0.25, -0.2) is 0 Å². The molecule has 1 aliphatic rings. The van der Waals surface area contributed by atoms with E-state index in [0.29, 0.717) is 11.8 Å². The maximum atomic E-state index is 4.04. The molecular formula is C9H15BrN4. The summed E-state index contributed by atoms with van der Waals surface area (Å²) >= 11 is 3.47. The Bertz CT molecular complexity index is 303. The van der Waals surface area contributed by atoms with Crippen LogP contribution in [0.1, 0.15) is 25.0 Å². The van der Waals surface area contributed by atoms with E-state index in [2.05, 4.69) is 38.5 Å². The van der Waals surface area contributed by atoms with Gasteiger partial charge in [0.2, 0.25) is 0 Å². The molecule has 4 nitrogen and oxygen atoms in total. The van der Waals surface area contributed by atoms with Gasteiger partial charge in [-0.2, -0.15) is 0 Å². The van der Waals surface area contributed by atoms with Gasteiger partial charge >= 0.3 is 0 Å². The van der Waals surface area contributed by atoms with Gasteiger partial charge in [0.25, 0.3) is 0 Å². The molecule has 1 saturated heterocycles. The molecule has 0 aromatic carbocycles. The average Bonchev–Trinajstić information content (AvgIpc) is 2.48. The van der Waals surface area contributed by atoms with Crippen molar-refractivity contribution < 1.29 is 0 Å². The summed E-state index contributed by atoms with van der Waals surface area (Å²) in [5.41, 5.74) is 1.24. The van der Waals surface area contributed by atoms with E-state index >= 15 is 0 Å². The molecule has 14 heavy (non-hydrogen) atoms. The summed E-state index contributed by atoms with van der Waals surface area (Å²) in [5, 5.41) is 11.5. The molecule has 2 heterocycles. The lowest BCUT2D eigenvalue weighted by molar-refractivity contribution is 0.335. The van der Waals surface area contributed by atoms with Gasteiger partial charge < -0.3 is 5.32 Å². The molecule has 2 unspecified atom stereocenters. The Balaban J connectivity index is 2.28. The van der Waals surface area contributed by atoms with Crippen molar-refractivity contribution in [3.05, 3.63) is 10.3 Å². The van der Waals surface area contributed by atoms with E-state index < -0.39 is 0 Å². The van der Waals surface area contributed by atoms with Crippen molar-refractivity contribution in [2.24, 2.45) is 13.0 Å². The minimum atomic E-state index is 0.575. The first-order valence-electron chi connectivity index (χ1n) is 4.96. The molecule has 0 spiro atoms. The van der Waals surface area contributed by atoms with Crippen molar-refractivity contribution in [3.63, 3.8) is 0 Å². The topological polar surface area (TPSA) is 42.7 Å². The second-order valence-electron chi connectivity index (χ2n) is 3.97. The highest BCUT2D eigenvalue weighted by atomic mass is 79.9. The molecule has 0 radical (unpaired) electrons. The van der Waals surface area contributed by atoms with E-state index in [1.807, 2.05) is 11.7 Å². The quantitative estimate of drug-likeness (QED) is 0.826. The summed E-state index contributed by atoms with van der Waals surface area (Å²) in [7, 11) is 1.96. The molecule has 2 rings (SSSR count). The van der Waals surface area contributed by atoms with Gasteiger partial charge in [-0.05, 0) is 41.4 Å². The summed E-state index contributed by atoms with van der Waals surface area (Å²) < 4.78 is 2.79. The summed E-state index contributed by atoms with van der Waals surface area (Å²) in [6.07, 6.45) is 1.17. The Kier molecular flexibility index (Phi) is 2.88. The van der Waals surface area contributed by atoms with Crippen LogP contribution in [0.2, 0.25) is 0 Å². The van der Waals surface area contributed by atoms with E-state index in [4.69, 9.17) is 0 Å². The molecule has 1 aromatic rings. The van der Waals surface area contributed by atoms with Gasteiger partial charge in [0.15, 0.2) is 4.60 Å². The van der Waals surface area contributed by atoms with Crippen molar-refractivity contribution in [2.45, 2.75) is 19.3 Å².